The molecule has 0 spiro atoms. The molecule has 5 nitrogen and oxygen atoms in total. The Bertz CT molecular complexity index is 551. The lowest BCUT2D eigenvalue weighted by Crippen LogP contribution is -2.62. The van der Waals surface area contributed by atoms with E-state index >= 15 is 0 Å². The zero-order chi connectivity index (χ0) is 17.5. The van der Waals surface area contributed by atoms with Crippen molar-refractivity contribution in [2.45, 2.75) is 44.8 Å². The SMILES string of the molecule is O=C(CCCOCc1ccccc1)N1CC[C@@]2(CO)CCCN[C@@H]2C1. The Morgan fingerprint density at radius 1 is 1.32 bits per heavy atom. The first kappa shape index (κ1) is 18.4. The van der Waals surface area contributed by atoms with E-state index in [-0.39, 0.29) is 24.0 Å². The molecule has 1 aromatic rings. The van der Waals surface area contributed by atoms with Crippen molar-refractivity contribution < 1.29 is 14.6 Å². The van der Waals surface area contributed by atoms with E-state index < -0.39 is 0 Å². The van der Waals surface area contributed by atoms with Crippen LogP contribution in [0.2, 0.25) is 0 Å². The fourth-order valence-electron chi connectivity index (χ4n) is 4.08. The second-order valence-corrected chi connectivity index (χ2v) is 7.36. The van der Waals surface area contributed by atoms with Gasteiger partial charge in [0.1, 0.15) is 0 Å². The summed E-state index contributed by atoms with van der Waals surface area (Å²) in [6.45, 7) is 3.91. The Morgan fingerprint density at radius 2 is 2.16 bits per heavy atom. The van der Waals surface area contributed by atoms with Crippen molar-refractivity contribution in [3.05, 3.63) is 35.9 Å². The van der Waals surface area contributed by atoms with E-state index in [2.05, 4.69) is 5.32 Å². The van der Waals surface area contributed by atoms with Crippen LogP contribution in [0.3, 0.4) is 0 Å². The summed E-state index contributed by atoms with van der Waals surface area (Å²) in [4.78, 5) is 14.4. The summed E-state index contributed by atoms with van der Waals surface area (Å²) in [5, 5.41) is 13.3. The molecule has 2 fully saturated rings. The first-order valence-electron chi connectivity index (χ1n) is 9.47. The van der Waals surface area contributed by atoms with Crippen molar-refractivity contribution in [3.63, 3.8) is 0 Å². The molecule has 1 amide bonds. The number of benzene rings is 1. The maximum absolute atomic E-state index is 12.5. The van der Waals surface area contributed by atoms with Gasteiger partial charge in [-0.2, -0.15) is 0 Å². The lowest BCUT2D eigenvalue weighted by atomic mass is 9.70. The highest BCUT2D eigenvalue weighted by Gasteiger charge is 2.44. The molecule has 25 heavy (non-hydrogen) atoms. The van der Waals surface area contributed by atoms with E-state index in [1.54, 1.807) is 0 Å². The van der Waals surface area contributed by atoms with Gasteiger partial charge in [-0.15, -0.1) is 0 Å². The Labute approximate surface area is 150 Å². The van der Waals surface area contributed by atoms with Gasteiger partial charge in [0.15, 0.2) is 0 Å². The lowest BCUT2D eigenvalue weighted by molar-refractivity contribution is -0.136. The topological polar surface area (TPSA) is 61.8 Å². The molecule has 2 atom stereocenters. The number of hydrogen-bond donors (Lipinski definition) is 2. The van der Waals surface area contributed by atoms with Crippen LogP contribution in [0.4, 0.5) is 0 Å². The third-order valence-electron chi connectivity index (χ3n) is 5.72. The van der Waals surface area contributed by atoms with Gasteiger partial charge >= 0.3 is 0 Å². The fraction of sp³-hybridized carbons (Fsp3) is 0.650. The van der Waals surface area contributed by atoms with E-state index in [4.69, 9.17) is 4.74 Å². The highest BCUT2D eigenvalue weighted by Crippen LogP contribution is 2.38. The number of hydrogen-bond acceptors (Lipinski definition) is 4. The average molecular weight is 346 g/mol. The third kappa shape index (κ3) is 4.60. The summed E-state index contributed by atoms with van der Waals surface area (Å²) < 4.78 is 5.66. The van der Waals surface area contributed by atoms with Gasteiger partial charge in [0.05, 0.1) is 13.2 Å². The molecule has 0 bridgehead atoms. The van der Waals surface area contributed by atoms with Crippen LogP contribution in [-0.4, -0.2) is 54.8 Å². The number of aliphatic hydroxyl groups excluding tert-OH is 1. The van der Waals surface area contributed by atoms with Crippen LogP contribution in [0.1, 0.15) is 37.7 Å². The van der Waals surface area contributed by atoms with Crippen LogP contribution in [0, 0.1) is 5.41 Å². The van der Waals surface area contributed by atoms with E-state index in [1.807, 2.05) is 35.2 Å². The minimum Gasteiger partial charge on any atom is -0.396 e. The van der Waals surface area contributed by atoms with Crippen LogP contribution >= 0.6 is 0 Å². The monoisotopic (exact) mass is 346 g/mol. The van der Waals surface area contributed by atoms with E-state index in [0.29, 0.717) is 19.6 Å². The van der Waals surface area contributed by atoms with E-state index in [1.165, 1.54) is 0 Å². The van der Waals surface area contributed by atoms with Gasteiger partial charge in [0.25, 0.3) is 0 Å². The second kappa shape index (κ2) is 8.79. The Kier molecular flexibility index (Phi) is 6.45. The standard InChI is InChI=1S/C20H30N2O3/c23-16-20-9-5-11-21-18(20)14-22(12-10-20)19(24)8-4-13-25-15-17-6-2-1-3-7-17/h1-3,6-7,18,21,23H,4-5,8-16H2/t18-,20-/m1/s1. The summed E-state index contributed by atoms with van der Waals surface area (Å²) in [7, 11) is 0. The van der Waals surface area contributed by atoms with Crippen molar-refractivity contribution in [1.82, 2.24) is 10.2 Å². The molecule has 1 aromatic carbocycles. The van der Waals surface area contributed by atoms with Crippen molar-refractivity contribution in [1.29, 1.82) is 0 Å². The number of carbonyl (C=O) groups is 1. The number of fused-ring (bicyclic) bond motifs is 1. The van der Waals surface area contributed by atoms with Gasteiger partial charge in [0, 0.05) is 37.6 Å². The summed E-state index contributed by atoms with van der Waals surface area (Å²) in [6, 6.07) is 10.3. The first-order valence-corrected chi connectivity index (χ1v) is 9.47. The molecule has 138 valence electrons. The summed E-state index contributed by atoms with van der Waals surface area (Å²) in [5.41, 5.74) is 1.14. The van der Waals surface area contributed by atoms with Gasteiger partial charge < -0.3 is 20.1 Å². The minimum atomic E-state index is -0.0200. The molecule has 5 heteroatoms. The van der Waals surface area contributed by atoms with Gasteiger partial charge in [-0.3, -0.25) is 4.79 Å². The molecule has 0 saturated carbocycles. The number of aliphatic hydroxyl groups is 1. The normalized spacial score (nSPS) is 26.3. The molecule has 0 aromatic heterocycles. The van der Waals surface area contributed by atoms with Gasteiger partial charge in [-0.25, -0.2) is 0 Å². The number of likely N-dealkylation sites (tertiary alicyclic amines) is 1. The number of nitrogens with zero attached hydrogens (tertiary/aromatic N) is 1. The van der Waals surface area contributed by atoms with Crippen LogP contribution in [0.25, 0.3) is 0 Å². The average Bonchev–Trinajstić information content (AvgIpc) is 2.67. The molecular weight excluding hydrogens is 316 g/mol. The van der Waals surface area contributed by atoms with Crippen molar-refractivity contribution in [2.24, 2.45) is 5.41 Å². The predicted molar refractivity (Wildman–Crippen MR) is 97.1 cm³/mol. The Hall–Kier alpha value is -1.43. The molecule has 0 aliphatic carbocycles. The Balaban J connectivity index is 1.37. The van der Waals surface area contributed by atoms with Crippen LogP contribution < -0.4 is 5.32 Å². The first-order chi connectivity index (χ1) is 12.2. The summed E-state index contributed by atoms with van der Waals surface area (Å²) in [6.07, 6.45) is 4.37. The minimum absolute atomic E-state index is 0.0200. The highest BCUT2D eigenvalue weighted by molar-refractivity contribution is 5.76. The van der Waals surface area contributed by atoms with Crippen molar-refractivity contribution in [3.8, 4) is 0 Å². The number of rotatable bonds is 7. The molecule has 2 heterocycles. The quantitative estimate of drug-likeness (QED) is 0.741. The number of carbonyl (C=O) groups excluding carboxylic acids is 1. The highest BCUT2D eigenvalue weighted by atomic mass is 16.5. The maximum Gasteiger partial charge on any atom is 0.222 e. The van der Waals surface area contributed by atoms with E-state index in [0.717, 1.165) is 50.9 Å². The summed E-state index contributed by atoms with van der Waals surface area (Å²) >= 11 is 0. The predicted octanol–water partition coefficient (Wildman–Crippen LogP) is 1.95. The fourth-order valence-corrected chi connectivity index (χ4v) is 4.08. The third-order valence-corrected chi connectivity index (χ3v) is 5.72. The zero-order valence-corrected chi connectivity index (χ0v) is 15.0. The maximum atomic E-state index is 12.5. The van der Waals surface area contributed by atoms with Crippen molar-refractivity contribution in [2.75, 3.05) is 32.8 Å². The number of piperidine rings is 2. The molecule has 2 N–H and O–H groups in total. The molecule has 2 saturated heterocycles. The van der Waals surface area contributed by atoms with E-state index in [9.17, 15) is 9.90 Å². The number of nitrogens with one attached hydrogen (secondary N) is 1. The number of amides is 1. The lowest BCUT2D eigenvalue weighted by Gasteiger charge is -2.50. The smallest absolute Gasteiger partial charge is 0.222 e. The molecule has 2 aliphatic heterocycles. The summed E-state index contributed by atoms with van der Waals surface area (Å²) in [5.74, 6) is 0.210. The van der Waals surface area contributed by atoms with Crippen molar-refractivity contribution >= 4 is 5.91 Å². The van der Waals surface area contributed by atoms with Crippen LogP contribution in [0.5, 0.6) is 0 Å². The van der Waals surface area contributed by atoms with Crippen LogP contribution in [-0.2, 0) is 16.1 Å². The van der Waals surface area contributed by atoms with Gasteiger partial charge in [0.2, 0.25) is 5.91 Å². The van der Waals surface area contributed by atoms with Gasteiger partial charge in [-0.1, -0.05) is 30.3 Å². The molecular formula is C20H30N2O3. The molecule has 0 radical (unpaired) electrons. The second-order valence-electron chi connectivity index (χ2n) is 7.36. The molecule has 2 aliphatic rings. The Morgan fingerprint density at radius 3 is 2.96 bits per heavy atom. The molecule has 0 unspecified atom stereocenters. The largest absolute Gasteiger partial charge is 0.396 e. The van der Waals surface area contributed by atoms with Gasteiger partial charge in [-0.05, 0) is 37.8 Å². The molecule has 3 rings (SSSR count). The van der Waals surface area contributed by atoms with Crippen LogP contribution in [0.15, 0.2) is 30.3 Å². The zero-order valence-electron chi connectivity index (χ0n) is 15.0. The number of ether oxygens (including phenoxy) is 1.